The van der Waals surface area contributed by atoms with Gasteiger partial charge in [-0.1, -0.05) is 0 Å². The number of carbonyl (C=O) groups excluding carboxylic acids is 3. The smallest absolute Gasteiger partial charge is 0.338 e. The average molecular weight is 401 g/mol. The molecular formula is C21H23NO7. The number of benzene rings is 2. The molecule has 0 saturated carbocycles. The van der Waals surface area contributed by atoms with Gasteiger partial charge in [0.1, 0.15) is 5.75 Å². The summed E-state index contributed by atoms with van der Waals surface area (Å²) in [6.07, 6.45) is 0. The van der Waals surface area contributed by atoms with E-state index in [1.807, 2.05) is 13.8 Å². The van der Waals surface area contributed by atoms with Crippen molar-refractivity contribution >= 4 is 17.8 Å². The second-order valence-electron chi connectivity index (χ2n) is 5.71. The quantitative estimate of drug-likeness (QED) is 0.645. The fraction of sp³-hybridized carbons (Fsp3) is 0.286. The predicted molar refractivity (Wildman–Crippen MR) is 105 cm³/mol. The van der Waals surface area contributed by atoms with Gasteiger partial charge in [-0.3, -0.25) is 14.9 Å². The van der Waals surface area contributed by atoms with Gasteiger partial charge >= 0.3 is 5.97 Å². The van der Waals surface area contributed by atoms with Gasteiger partial charge in [0.05, 0.1) is 25.9 Å². The predicted octanol–water partition coefficient (Wildman–Crippen LogP) is 2.61. The molecule has 0 spiro atoms. The van der Waals surface area contributed by atoms with Gasteiger partial charge in [-0.05, 0) is 56.3 Å². The van der Waals surface area contributed by atoms with Crippen molar-refractivity contribution in [1.29, 1.82) is 0 Å². The number of hydrogen-bond acceptors (Lipinski definition) is 7. The van der Waals surface area contributed by atoms with Crippen LogP contribution in [-0.4, -0.2) is 44.7 Å². The summed E-state index contributed by atoms with van der Waals surface area (Å²) in [5.74, 6) is -0.565. The van der Waals surface area contributed by atoms with E-state index < -0.39 is 24.4 Å². The number of amides is 2. The molecule has 0 fully saturated rings. The summed E-state index contributed by atoms with van der Waals surface area (Å²) in [5.41, 5.74) is 0.476. The Balaban J connectivity index is 1.92. The number of rotatable bonds is 9. The lowest BCUT2D eigenvalue weighted by molar-refractivity contribution is -0.123. The van der Waals surface area contributed by atoms with E-state index in [1.165, 1.54) is 31.4 Å². The summed E-state index contributed by atoms with van der Waals surface area (Å²) in [6.45, 7) is 3.90. The molecule has 0 aliphatic heterocycles. The highest BCUT2D eigenvalue weighted by Gasteiger charge is 2.16. The van der Waals surface area contributed by atoms with E-state index in [1.54, 1.807) is 18.2 Å². The molecule has 2 aromatic rings. The maximum absolute atomic E-state index is 12.2. The van der Waals surface area contributed by atoms with Crippen molar-refractivity contribution in [3.8, 4) is 17.2 Å². The summed E-state index contributed by atoms with van der Waals surface area (Å²) < 4.78 is 20.9. The Kier molecular flexibility index (Phi) is 8.02. The van der Waals surface area contributed by atoms with Gasteiger partial charge in [0.25, 0.3) is 11.8 Å². The van der Waals surface area contributed by atoms with Gasteiger partial charge in [0, 0.05) is 5.56 Å². The highest BCUT2D eigenvalue weighted by Crippen LogP contribution is 2.28. The van der Waals surface area contributed by atoms with Crippen molar-refractivity contribution in [2.75, 3.05) is 26.9 Å². The van der Waals surface area contributed by atoms with E-state index in [2.05, 4.69) is 5.32 Å². The molecule has 1 N–H and O–H groups in total. The highest BCUT2D eigenvalue weighted by atomic mass is 16.5. The average Bonchev–Trinajstić information content (AvgIpc) is 2.73. The fourth-order valence-corrected chi connectivity index (χ4v) is 2.37. The molecule has 29 heavy (non-hydrogen) atoms. The molecule has 0 aromatic heterocycles. The first-order valence-corrected chi connectivity index (χ1v) is 9.03. The van der Waals surface area contributed by atoms with Crippen molar-refractivity contribution in [3.05, 3.63) is 53.6 Å². The van der Waals surface area contributed by atoms with Gasteiger partial charge in [-0.25, -0.2) is 4.79 Å². The molecule has 2 rings (SSSR count). The van der Waals surface area contributed by atoms with Crippen molar-refractivity contribution in [2.24, 2.45) is 0 Å². The van der Waals surface area contributed by atoms with Gasteiger partial charge in [-0.15, -0.1) is 0 Å². The Bertz CT molecular complexity index is 862. The van der Waals surface area contributed by atoms with Gasteiger partial charge < -0.3 is 18.9 Å². The Morgan fingerprint density at radius 3 is 2.10 bits per heavy atom. The molecule has 0 saturated heterocycles. The third-order valence-electron chi connectivity index (χ3n) is 3.72. The van der Waals surface area contributed by atoms with Crippen LogP contribution in [0, 0.1) is 0 Å². The lowest BCUT2D eigenvalue weighted by Gasteiger charge is -2.12. The minimum atomic E-state index is -0.741. The van der Waals surface area contributed by atoms with Gasteiger partial charge in [-0.2, -0.15) is 0 Å². The molecule has 2 aromatic carbocycles. The molecule has 0 aliphatic rings. The second-order valence-corrected chi connectivity index (χ2v) is 5.71. The van der Waals surface area contributed by atoms with Crippen LogP contribution in [0.1, 0.15) is 34.6 Å². The van der Waals surface area contributed by atoms with Crippen LogP contribution in [0.25, 0.3) is 0 Å². The van der Waals surface area contributed by atoms with Crippen molar-refractivity contribution in [2.45, 2.75) is 13.8 Å². The third kappa shape index (κ3) is 6.24. The molecule has 8 heteroatoms. The zero-order chi connectivity index (χ0) is 21.2. The van der Waals surface area contributed by atoms with Crippen LogP contribution in [0.3, 0.4) is 0 Å². The zero-order valence-corrected chi connectivity index (χ0v) is 16.5. The van der Waals surface area contributed by atoms with E-state index >= 15 is 0 Å². The molecule has 0 bridgehead atoms. The fourth-order valence-electron chi connectivity index (χ4n) is 2.37. The first-order chi connectivity index (χ1) is 14.0. The number of ether oxygens (including phenoxy) is 4. The number of hydrogen-bond donors (Lipinski definition) is 1. The van der Waals surface area contributed by atoms with E-state index in [0.29, 0.717) is 30.5 Å². The molecule has 8 nitrogen and oxygen atoms in total. The normalized spacial score (nSPS) is 10.0. The summed E-state index contributed by atoms with van der Waals surface area (Å²) in [5, 5.41) is 2.16. The topological polar surface area (TPSA) is 100 Å². The summed E-state index contributed by atoms with van der Waals surface area (Å²) in [7, 11) is 1.51. The summed E-state index contributed by atoms with van der Waals surface area (Å²) >= 11 is 0. The van der Waals surface area contributed by atoms with Crippen LogP contribution in [-0.2, 0) is 9.53 Å². The van der Waals surface area contributed by atoms with E-state index in [0.717, 1.165) is 0 Å². The van der Waals surface area contributed by atoms with Crippen molar-refractivity contribution in [3.63, 3.8) is 0 Å². The molecule has 0 atom stereocenters. The Hall–Kier alpha value is -3.55. The molecule has 0 unspecified atom stereocenters. The van der Waals surface area contributed by atoms with Crippen LogP contribution in [0.5, 0.6) is 17.2 Å². The van der Waals surface area contributed by atoms with Crippen molar-refractivity contribution in [1.82, 2.24) is 5.32 Å². The lowest BCUT2D eigenvalue weighted by atomic mass is 10.2. The standard InChI is InChI=1S/C21H23NO7/c1-4-27-17-11-8-15(12-18(17)28-5-2)21(25)29-13-19(23)22-20(24)14-6-9-16(26-3)10-7-14/h6-12H,4-5,13H2,1-3H3,(H,22,23,24). The number of nitrogens with one attached hydrogen (secondary N) is 1. The first kappa shape index (κ1) is 21.7. The molecule has 0 radical (unpaired) electrons. The van der Waals surface area contributed by atoms with E-state index in [4.69, 9.17) is 18.9 Å². The number of esters is 1. The zero-order valence-electron chi connectivity index (χ0n) is 16.5. The maximum atomic E-state index is 12.2. The number of imide groups is 1. The Morgan fingerprint density at radius 1 is 0.862 bits per heavy atom. The summed E-state index contributed by atoms with van der Waals surface area (Å²) in [6, 6.07) is 10.8. The van der Waals surface area contributed by atoms with E-state index in [-0.39, 0.29) is 11.1 Å². The van der Waals surface area contributed by atoms with Gasteiger partial charge in [0.2, 0.25) is 0 Å². The van der Waals surface area contributed by atoms with Crippen LogP contribution in [0.4, 0.5) is 0 Å². The molecule has 2 amide bonds. The van der Waals surface area contributed by atoms with E-state index in [9.17, 15) is 14.4 Å². The molecule has 154 valence electrons. The van der Waals surface area contributed by atoms with Crippen molar-refractivity contribution < 1.29 is 33.3 Å². The second kappa shape index (κ2) is 10.7. The van der Waals surface area contributed by atoms with Crippen LogP contribution < -0.4 is 19.5 Å². The highest BCUT2D eigenvalue weighted by molar-refractivity contribution is 6.05. The third-order valence-corrected chi connectivity index (χ3v) is 3.72. The molecule has 0 heterocycles. The molecule has 0 aliphatic carbocycles. The monoisotopic (exact) mass is 401 g/mol. The minimum Gasteiger partial charge on any atom is -0.497 e. The minimum absolute atomic E-state index is 0.200. The Morgan fingerprint density at radius 2 is 1.48 bits per heavy atom. The molecular weight excluding hydrogens is 378 g/mol. The lowest BCUT2D eigenvalue weighted by Crippen LogP contribution is -2.34. The maximum Gasteiger partial charge on any atom is 0.338 e. The van der Waals surface area contributed by atoms with Crippen LogP contribution >= 0.6 is 0 Å². The van der Waals surface area contributed by atoms with Crippen LogP contribution in [0.15, 0.2) is 42.5 Å². The Labute approximate surface area is 168 Å². The number of methoxy groups -OCH3 is 1. The van der Waals surface area contributed by atoms with Gasteiger partial charge in [0.15, 0.2) is 18.1 Å². The SMILES string of the molecule is CCOc1ccc(C(=O)OCC(=O)NC(=O)c2ccc(OC)cc2)cc1OCC. The van der Waals surface area contributed by atoms with Crippen LogP contribution in [0.2, 0.25) is 0 Å². The number of carbonyl (C=O) groups is 3. The summed E-state index contributed by atoms with van der Waals surface area (Å²) in [4.78, 5) is 36.2. The largest absolute Gasteiger partial charge is 0.497 e. The first-order valence-electron chi connectivity index (χ1n) is 9.03.